The predicted molar refractivity (Wildman–Crippen MR) is 62.8 cm³/mol. The van der Waals surface area contributed by atoms with Crippen molar-refractivity contribution >= 4 is 22.6 Å². The molecule has 0 saturated heterocycles. The Kier molecular flexibility index (Phi) is 5.03. The van der Waals surface area contributed by atoms with Crippen LogP contribution in [0.3, 0.4) is 0 Å². The van der Waals surface area contributed by atoms with Gasteiger partial charge in [-0.1, -0.05) is 6.07 Å². The molecule has 0 bridgehead atoms. The van der Waals surface area contributed by atoms with Crippen LogP contribution in [0, 0.1) is 3.57 Å². The maximum Gasteiger partial charge on any atom is 0.188 e. The van der Waals surface area contributed by atoms with E-state index in [1.54, 1.807) is 7.11 Å². The van der Waals surface area contributed by atoms with E-state index in [4.69, 9.17) is 14.2 Å². The van der Waals surface area contributed by atoms with Gasteiger partial charge >= 0.3 is 0 Å². The molecule has 1 rings (SSSR count). The van der Waals surface area contributed by atoms with Gasteiger partial charge in [0.2, 0.25) is 0 Å². The lowest BCUT2D eigenvalue weighted by Crippen LogP contribution is -2.03. The van der Waals surface area contributed by atoms with Crippen molar-refractivity contribution < 1.29 is 14.2 Å². The highest BCUT2D eigenvalue weighted by molar-refractivity contribution is 14.1. The average Bonchev–Trinajstić information content (AvgIpc) is 2.18. The summed E-state index contributed by atoms with van der Waals surface area (Å²) in [6, 6.07) is 5.79. The van der Waals surface area contributed by atoms with Crippen molar-refractivity contribution in [2.75, 3.05) is 20.5 Å². The van der Waals surface area contributed by atoms with Crippen LogP contribution in [0.5, 0.6) is 11.5 Å². The summed E-state index contributed by atoms with van der Waals surface area (Å²) < 4.78 is 16.7. The van der Waals surface area contributed by atoms with E-state index in [-0.39, 0.29) is 6.79 Å². The van der Waals surface area contributed by atoms with Crippen LogP contribution >= 0.6 is 22.6 Å². The number of halogens is 1. The third-order valence-corrected chi connectivity index (χ3v) is 2.40. The van der Waals surface area contributed by atoms with Crippen LogP contribution in [0.1, 0.15) is 6.92 Å². The van der Waals surface area contributed by atoms with E-state index >= 15 is 0 Å². The summed E-state index contributed by atoms with van der Waals surface area (Å²) in [7, 11) is 1.59. The van der Waals surface area contributed by atoms with Crippen LogP contribution in [0.15, 0.2) is 18.2 Å². The van der Waals surface area contributed by atoms with E-state index in [1.807, 2.05) is 25.1 Å². The van der Waals surface area contributed by atoms with Crippen LogP contribution < -0.4 is 9.47 Å². The van der Waals surface area contributed by atoms with Crippen LogP contribution in [-0.2, 0) is 4.74 Å². The topological polar surface area (TPSA) is 27.7 Å². The molecule has 0 unspecified atom stereocenters. The summed E-state index contributed by atoms with van der Waals surface area (Å²) in [5.41, 5.74) is 0. The zero-order valence-electron chi connectivity index (χ0n) is 8.25. The van der Waals surface area contributed by atoms with Gasteiger partial charge in [-0.05, 0) is 41.6 Å². The first-order valence-electron chi connectivity index (χ1n) is 4.32. The molecule has 1 aromatic carbocycles. The molecule has 0 saturated carbocycles. The molecule has 0 spiro atoms. The van der Waals surface area contributed by atoms with Crippen molar-refractivity contribution in [3.05, 3.63) is 21.8 Å². The molecule has 0 heterocycles. The normalized spacial score (nSPS) is 9.93. The molecule has 4 heteroatoms. The minimum atomic E-state index is 0.236. The Morgan fingerprint density at radius 1 is 1.29 bits per heavy atom. The fraction of sp³-hybridized carbons (Fsp3) is 0.400. The number of ether oxygens (including phenoxy) is 3. The monoisotopic (exact) mass is 308 g/mol. The summed E-state index contributed by atoms with van der Waals surface area (Å²) in [5.74, 6) is 1.51. The molecule has 3 nitrogen and oxygen atoms in total. The number of hydrogen-bond donors (Lipinski definition) is 0. The smallest absolute Gasteiger partial charge is 0.188 e. The van der Waals surface area contributed by atoms with Crippen LogP contribution in [-0.4, -0.2) is 20.5 Å². The molecule has 0 aliphatic carbocycles. The van der Waals surface area contributed by atoms with Gasteiger partial charge in [-0.3, -0.25) is 0 Å². The number of methoxy groups -OCH3 is 1. The Labute approximate surface area is 97.5 Å². The quantitative estimate of drug-likeness (QED) is 0.618. The molecule has 0 atom stereocenters. The van der Waals surface area contributed by atoms with Crippen molar-refractivity contribution in [2.24, 2.45) is 0 Å². The first-order chi connectivity index (χ1) is 6.79. The second-order valence-corrected chi connectivity index (χ2v) is 3.71. The number of benzene rings is 1. The molecular weight excluding hydrogens is 295 g/mol. The summed E-state index contributed by atoms with van der Waals surface area (Å²) in [4.78, 5) is 0. The van der Waals surface area contributed by atoms with E-state index in [9.17, 15) is 0 Å². The summed E-state index contributed by atoms with van der Waals surface area (Å²) in [5, 5.41) is 0. The Balaban J connectivity index is 2.84. The van der Waals surface area contributed by atoms with Gasteiger partial charge in [-0.2, -0.15) is 0 Å². The molecule has 1 aromatic rings. The van der Waals surface area contributed by atoms with Crippen LogP contribution in [0.4, 0.5) is 0 Å². The molecule has 0 amide bonds. The maximum absolute atomic E-state index is 5.43. The Bertz CT molecular complexity index is 289. The Morgan fingerprint density at radius 2 is 2.07 bits per heavy atom. The summed E-state index contributed by atoms with van der Waals surface area (Å²) in [6.07, 6.45) is 0. The zero-order chi connectivity index (χ0) is 10.4. The van der Waals surface area contributed by atoms with Crippen LogP contribution in [0.2, 0.25) is 0 Å². The van der Waals surface area contributed by atoms with Gasteiger partial charge in [0.05, 0.1) is 10.2 Å². The third kappa shape index (κ3) is 3.02. The average molecular weight is 308 g/mol. The third-order valence-electron chi connectivity index (χ3n) is 1.55. The molecular formula is C10H13IO3. The molecule has 0 aromatic heterocycles. The summed E-state index contributed by atoms with van der Waals surface area (Å²) >= 11 is 2.20. The van der Waals surface area contributed by atoms with E-state index < -0.39 is 0 Å². The SMILES string of the molecule is CCOc1cccc(I)c1OCOC. The lowest BCUT2D eigenvalue weighted by molar-refractivity contribution is 0.0481. The highest BCUT2D eigenvalue weighted by Crippen LogP contribution is 2.32. The molecule has 78 valence electrons. The lowest BCUT2D eigenvalue weighted by atomic mass is 10.3. The van der Waals surface area contributed by atoms with Gasteiger partial charge in [-0.15, -0.1) is 0 Å². The molecule has 0 fully saturated rings. The molecule has 0 N–H and O–H groups in total. The van der Waals surface area contributed by atoms with Crippen molar-refractivity contribution in [1.82, 2.24) is 0 Å². The van der Waals surface area contributed by atoms with Gasteiger partial charge in [0.1, 0.15) is 0 Å². The highest BCUT2D eigenvalue weighted by Gasteiger charge is 2.08. The Hall–Kier alpha value is -0.490. The first kappa shape index (κ1) is 11.6. The van der Waals surface area contributed by atoms with Gasteiger partial charge in [0, 0.05) is 7.11 Å². The Morgan fingerprint density at radius 3 is 2.71 bits per heavy atom. The van der Waals surface area contributed by atoms with Gasteiger partial charge in [-0.25, -0.2) is 0 Å². The molecule has 14 heavy (non-hydrogen) atoms. The standard InChI is InChI=1S/C10H13IO3/c1-3-13-9-6-4-5-8(11)10(9)14-7-12-2/h4-6H,3,7H2,1-2H3. The first-order valence-corrected chi connectivity index (χ1v) is 5.40. The van der Waals surface area contributed by atoms with Crippen molar-refractivity contribution in [3.8, 4) is 11.5 Å². The minimum absolute atomic E-state index is 0.236. The fourth-order valence-corrected chi connectivity index (χ4v) is 1.65. The zero-order valence-corrected chi connectivity index (χ0v) is 10.4. The highest BCUT2D eigenvalue weighted by atomic mass is 127. The molecule has 0 aliphatic heterocycles. The van der Waals surface area contributed by atoms with Gasteiger partial charge in [0.15, 0.2) is 18.3 Å². The second-order valence-electron chi connectivity index (χ2n) is 2.55. The molecule has 0 radical (unpaired) electrons. The number of rotatable bonds is 5. The second kappa shape index (κ2) is 6.08. The van der Waals surface area contributed by atoms with Crippen LogP contribution in [0.25, 0.3) is 0 Å². The van der Waals surface area contributed by atoms with Crippen molar-refractivity contribution in [2.45, 2.75) is 6.92 Å². The summed E-state index contributed by atoms with van der Waals surface area (Å²) in [6.45, 7) is 2.81. The minimum Gasteiger partial charge on any atom is -0.490 e. The lowest BCUT2D eigenvalue weighted by Gasteiger charge is -2.12. The van der Waals surface area contributed by atoms with Gasteiger partial charge < -0.3 is 14.2 Å². The van der Waals surface area contributed by atoms with Crippen molar-refractivity contribution in [3.63, 3.8) is 0 Å². The predicted octanol–water partition coefficient (Wildman–Crippen LogP) is 2.67. The fourth-order valence-electron chi connectivity index (χ4n) is 1.02. The van der Waals surface area contributed by atoms with E-state index in [2.05, 4.69) is 22.6 Å². The van der Waals surface area contributed by atoms with Gasteiger partial charge in [0.25, 0.3) is 0 Å². The van der Waals surface area contributed by atoms with E-state index in [1.165, 1.54) is 0 Å². The maximum atomic E-state index is 5.43. The number of hydrogen-bond acceptors (Lipinski definition) is 3. The number of para-hydroxylation sites is 1. The van der Waals surface area contributed by atoms with E-state index in [0.717, 1.165) is 15.1 Å². The molecule has 0 aliphatic rings. The van der Waals surface area contributed by atoms with E-state index in [0.29, 0.717) is 6.61 Å². The largest absolute Gasteiger partial charge is 0.490 e. The van der Waals surface area contributed by atoms with Crippen molar-refractivity contribution in [1.29, 1.82) is 0 Å².